The molecule has 33 heavy (non-hydrogen) atoms. The molecule has 0 bridgehead atoms. The summed E-state index contributed by atoms with van der Waals surface area (Å²) >= 11 is 3.46. The minimum atomic E-state index is 0.460. The third kappa shape index (κ3) is 5.76. The minimum absolute atomic E-state index is 0.460. The third-order valence-corrected chi connectivity index (χ3v) is 6.29. The molecule has 6 rings (SSSR count). The van der Waals surface area contributed by atoms with Crippen molar-refractivity contribution >= 4 is 39.6 Å². The second kappa shape index (κ2) is 9.70. The molecular formula is C25H25BrN6O. The van der Waals surface area contributed by atoms with Gasteiger partial charge in [-0.15, -0.1) is 0 Å². The van der Waals surface area contributed by atoms with Gasteiger partial charge in [-0.2, -0.15) is 0 Å². The number of amides is 1. The van der Waals surface area contributed by atoms with E-state index in [2.05, 4.69) is 88.5 Å². The van der Waals surface area contributed by atoms with Gasteiger partial charge in [-0.1, -0.05) is 34.1 Å². The molecule has 3 aromatic heterocycles. The first-order chi connectivity index (χ1) is 16.2. The van der Waals surface area contributed by atoms with Crippen LogP contribution in [0, 0.1) is 0 Å². The first-order valence-corrected chi connectivity index (χ1v) is 12.0. The molecule has 7 nitrogen and oxygen atoms in total. The lowest BCUT2D eigenvalue weighted by Gasteiger charge is -2.04. The fraction of sp³-hybridized carbons (Fsp3) is 0.280. The summed E-state index contributed by atoms with van der Waals surface area (Å²) in [5.41, 5.74) is 4.75. The van der Waals surface area contributed by atoms with Crippen LogP contribution in [0.5, 0.6) is 0 Å². The van der Waals surface area contributed by atoms with E-state index in [1.54, 1.807) is 6.07 Å². The van der Waals surface area contributed by atoms with Gasteiger partial charge in [0, 0.05) is 22.9 Å². The topological polar surface area (TPSA) is 84.2 Å². The molecule has 2 saturated carbocycles. The van der Waals surface area contributed by atoms with Gasteiger partial charge in [0.1, 0.15) is 23.6 Å². The molecule has 2 aliphatic carbocycles. The Bertz CT molecular complexity index is 1260. The molecule has 0 atom stereocenters. The van der Waals surface area contributed by atoms with E-state index < -0.39 is 0 Å². The van der Waals surface area contributed by atoms with Gasteiger partial charge in [-0.3, -0.25) is 4.79 Å². The Morgan fingerprint density at radius 2 is 1.76 bits per heavy atom. The minimum Gasteiger partial charge on any atom is -0.364 e. The second-order valence-corrected chi connectivity index (χ2v) is 9.38. The first-order valence-electron chi connectivity index (χ1n) is 11.2. The highest BCUT2D eigenvalue weighted by Gasteiger charge is 2.24. The van der Waals surface area contributed by atoms with Crippen molar-refractivity contribution in [3.63, 3.8) is 0 Å². The fourth-order valence-electron chi connectivity index (χ4n) is 3.76. The van der Waals surface area contributed by atoms with Crippen molar-refractivity contribution in [2.45, 2.75) is 44.1 Å². The molecule has 8 heteroatoms. The van der Waals surface area contributed by atoms with Crippen LogP contribution in [-0.2, 0) is 11.3 Å². The summed E-state index contributed by atoms with van der Waals surface area (Å²) in [6.45, 7) is 0.554. The molecule has 3 heterocycles. The van der Waals surface area contributed by atoms with Crippen molar-refractivity contribution < 1.29 is 4.79 Å². The standard InChI is InChI=1S/C16H16N6O.C9H9Br/c23-10-20-15-5-14(18-9-19-15)17-6-13-8-22-7-12(11-1-2-11)3-4-16(22)21-13;10-9-3-1-2-8(6-9)7-4-5-7/h3-5,7-11H,1-2,6H2,(H2,17,18,19,20,23);1-3,6-7H,4-5H2. The zero-order valence-corrected chi connectivity index (χ0v) is 19.7. The lowest BCUT2D eigenvalue weighted by molar-refractivity contribution is -0.105. The maximum atomic E-state index is 10.4. The molecule has 0 aliphatic heterocycles. The van der Waals surface area contributed by atoms with Crippen molar-refractivity contribution in [3.8, 4) is 0 Å². The number of pyridine rings is 1. The number of nitrogens with one attached hydrogen (secondary N) is 2. The van der Waals surface area contributed by atoms with E-state index in [1.165, 1.54) is 47.6 Å². The number of rotatable bonds is 7. The normalized spacial score (nSPS) is 14.9. The molecule has 0 radical (unpaired) electrons. The molecule has 1 aromatic carbocycles. The molecule has 4 aromatic rings. The van der Waals surface area contributed by atoms with Gasteiger partial charge in [0.05, 0.1) is 12.2 Å². The van der Waals surface area contributed by atoms with Gasteiger partial charge in [0.25, 0.3) is 0 Å². The molecule has 0 spiro atoms. The Kier molecular flexibility index (Phi) is 6.35. The van der Waals surface area contributed by atoms with E-state index in [0.29, 0.717) is 24.6 Å². The average Bonchev–Trinajstić information content (AvgIpc) is 3.75. The highest BCUT2D eigenvalue weighted by Crippen LogP contribution is 2.41. The van der Waals surface area contributed by atoms with Crippen LogP contribution in [0.4, 0.5) is 11.6 Å². The number of carbonyl (C=O) groups excluding carboxylic acids is 1. The Morgan fingerprint density at radius 1 is 0.970 bits per heavy atom. The van der Waals surface area contributed by atoms with Crippen molar-refractivity contribution in [2.24, 2.45) is 0 Å². The first kappa shape index (κ1) is 21.6. The van der Waals surface area contributed by atoms with E-state index in [9.17, 15) is 4.79 Å². The number of imidazole rings is 1. The number of anilines is 2. The Hall–Kier alpha value is -3.26. The molecule has 2 N–H and O–H groups in total. The van der Waals surface area contributed by atoms with E-state index >= 15 is 0 Å². The van der Waals surface area contributed by atoms with E-state index in [1.807, 2.05) is 6.20 Å². The van der Waals surface area contributed by atoms with E-state index in [-0.39, 0.29) is 0 Å². The van der Waals surface area contributed by atoms with Crippen LogP contribution in [0.3, 0.4) is 0 Å². The lowest BCUT2D eigenvalue weighted by atomic mass is 10.1. The zero-order chi connectivity index (χ0) is 22.6. The summed E-state index contributed by atoms with van der Waals surface area (Å²) in [5, 5.41) is 5.69. The fourth-order valence-corrected chi connectivity index (χ4v) is 4.17. The smallest absolute Gasteiger partial charge is 0.212 e. The van der Waals surface area contributed by atoms with Crippen molar-refractivity contribution in [2.75, 3.05) is 10.6 Å². The summed E-state index contributed by atoms with van der Waals surface area (Å²) in [6, 6.07) is 14.5. The van der Waals surface area contributed by atoms with Crippen LogP contribution in [0.25, 0.3) is 5.65 Å². The largest absolute Gasteiger partial charge is 0.364 e. The third-order valence-electron chi connectivity index (χ3n) is 5.79. The number of fused-ring (bicyclic) bond motifs is 1. The number of benzene rings is 1. The molecule has 0 saturated heterocycles. The quantitative estimate of drug-likeness (QED) is 0.324. The lowest BCUT2D eigenvalue weighted by Crippen LogP contribution is -2.04. The number of hydrogen-bond donors (Lipinski definition) is 2. The summed E-state index contributed by atoms with van der Waals surface area (Å²) in [6.07, 6.45) is 11.5. The number of carbonyl (C=O) groups is 1. The van der Waals surface area contributed by atoms with Crippen LogP contribution >= 0.6 is 15.9 Å². The summed E-state index contributed by atoms with van der Waals surface area (Å²) < 4.78 is 3.28. The Balaban J connectivity index is 0.000000190. The molecule has 2 fully saturated rings. The van der Waals surface area contributed by atoms with Crippen LogP contribution in [0.15, 0.2) is 65.7 Å². The SMILES string of the molecule is Brc1cccc(C2CC2)c1.O=CNc1cc(NCc2cn3cc(C4CC4)ccc3n2)ncn1. The highest BCUT2D eigenvalue weighted by molar-refractivity contribution is 9.10. The highest BCUT2D eigenvalue weighted by atomic mass is 79.9. The number of halogens is 1. The summed E-state index contributed by atoms with van der Waals surface area (Å²) in [5.74, 6) is 2.70. The summed E-state index contributed by atoms with van der Waals surface area (Å²) in [4.78, 5) is 23.1. The van der Waals surface area contributed by atoms with Crippen LogP contribution < -0.4 is 10.6 Å². The van der Waals surface area contributed by atoms with E-state index in [4.69, 9.17) is 0 Å². The van der Waals surface area contributed by atoms with Gasteiger partial charge in [0.2, 0.25) is 6.41 Å². The van der Waals surface area contributed by atoms with Crippen molar-refractivity contribution in [3.05, 3.63) is 82.5 Å². The number of nitrogens with zero attached hydrogens (tertiary/aromatic N) is 4. The van der Waals surface area contributed by atoms with Crippen LogP contribution in [-0.4, -0.2) is 25.8 Å². The molecule has 168 valence electrons. The number of aromatic nitrogens is 4. The van der Waals surface area contributed by atoms with Crippen molar-refractivity contribution in [1.29, 1.82) is 0 Å². The van der Waals surface area contributed by atoms with Crippen LogP contribution in [0.2, 0.25) is 0 Å². The maximum absolute atomic E-state index is 10.4. The number of hydrogen-bond acceptors (Lipinski definition) is 5. The van der Waals surface area contributed by atoms with Gasteiger partial charge in [-0.25, -0.2) is 15.0 Å². The molecule has 1 amide bonds. The average molecular weight is 505 g/mol. The predicted molar refractivity (Wildman–Crippen MR) is 132 cm³/mol. The van der Waals surface area contributed by atoms with Gasteiger partial charge >= 0.3 is 0 Å². The Labute approximate surface area is 200 Å². The molecule has 2 aliphatic rings. The second-order valence-electron chi connectivity index (χ2n) is 8.47. The molecular weight excluding hydrogens is 480 g/mol. The Morgan fingerprint density at radius 3 is 2.52 bits per heavy atom. The monoisotopic (exact) mass is 504 g/mol. The van der Waals surface area contributed by atoms with Gasteiger partial charge < -0.3 is 15.0 Å². The molecule has 0 unspecified atom stereocenters. The van der Waals surface area contributed by atoms with Crippen LogP contribution in [0.1, 0.15) is 54.3 Å². The van der Waals surface area contributed by atoms with E-state index in [0.717, 1.165) is 23.2 Å². The predicted octanol–water partition coefficient (Wildman–Crippen LogP) is 5.51. The van der Waals surface area contributed by atoms with Crippen molar-refractivity contribution in [1.82, 2.24) is 19.4 Å². The van der Waals surface area contributed by atoms with Gasteiger partial charge in [-0.05, 0) is 66.8 Å². The zero-order valence-electron chi connectivity index (χ0n) is 18.1. The maximum Gasteiger partial charge on any atom is 0.212 e. The summed E-state index contributed by atoms with van der Waals surface area (Å²) in [7, 11) is 0. The van der Waals surface area contributed by atoms with Gasteiger partial charge in [0.15, 0.2) is 0 Å².